The van der Waals surface area contributed by atoms with Crippen LogP contribution in [-0.2, 0) is 32.0 Å². The molecular weight excluding hydrogens is 665 g/mol. The van der Waals surface area contributed by atoms with Gasteiger partial charge in [-0.05, 0) is 20.3 Å². The van der Waals surface area contributed by atoms with Gasteiger partial charge in [0.15, 0.2) is 6.20 Å². The second kappa shape index (κ2) is 28.6. The van der Waals surface area contributed by atoms with Crippen LogP contribution in [0.25, 0.3) is 0 Å². The van der Waals surface area contributed by atoms with Crippen molar-refractivity contribution in [2.24, 2.45) is 0 Å². The minimum atomic E-state index is -0.813. The van der Waals surface area contributed by atoms with Gasteiger partial charge < -0.3 is 48.2 Å². The van der Waals surface area contributed by atoms with Crippen molar-refractivity contribution in [2.45, 2.75) is 117 Å². The first-order chi connectivity index (χ1) is 20.5. The van der Waals surface area contributed by atoms with Gasteiger partial charge in [-0.2, -0.15) is 0 Å². The van der Waals surface area contributed by atoms with E-state index in [1.807, 2.05) is 35.9 Å². The molecule has 0 saturated heterocycles. The van der Waals surface area contributed by atoms with Gasteiger partial charge in [-0.3, -0.25) is 0 Å². The number of hydrogen-bond donors (Lipinski definition) is 1. The van der Waals surface area contributed by atoms with E-state index < -0.39 is 18.3 Å². The zero-order chi connectivity index (χ0) is 30.7. The monoisotopic (exact) mass is 721 g/mol. The van der Waals surface area contributed by atoms with E-state index in [-0.39, 0.29) is 63.6 Å². The number of ether oxygens (including phenoxy) is 4. The van der Waals surface area contributed by atoms with Gasteiger partial charge in [0.2, 0.25) is 5.69 Å². The van der Waals surface area contributed by atoms with Crippen molar-refractivity contribution < 1.29 is 61.9 Å². The molecule has 0 bridgehead atoms. The molecule has 0 radical (unpaired) electrons. The number of amides is 3. The topological polar surface area (TPSA) is 107 Å². The maximum Gasteiger partial charge on any atom is 0.419 e. The Morgan fingerprint density at radius 2 is 1.28 bits per heavy atom. The van der Waals surface area contributed by atoms with Crippen LogP contribution in [0.3, 0.4) is 0 Å². The quantitative estimate of drug-likeness (QED) is 0.0747. The number of rotatable bonds is 24. The summed E-state index contributed by atoms with van der Waals surface area (Å²) in [5, 5.41) is 2.76. The predicted molar refractivity (Wildman–Crippen MR) is 162 cm³/mol. The van der Waals surface area contributed by atoms with E-state index >= 15 is 0 Å². The lowest BCUT2D eigenvalue weighted by molar-refractivity contribution is -0.701. The number of nitrogens with one attached hydrogen (secondary N) is 1. The second-order valence-electron chi connectivity index (χ2n) is 10.3. The number of carbonyl (C=O) groups excluding carboxylic acids is 3. The van der Waals surface area contributed by atoms with Gasteiger partial charge in [-0.1, -0.05) is 90.0 Å². The van der Waals surface area contributed by atoms with Crippen molar-refractivity contribution in [3.63, 3.8) is 0 Å². The van der Waals surface area contributed by atoms with Crippen LogP contribution in [0.15, 0.2) is 24.4 Å². The van der Waals surface area contributed by atoms with Crippen molar-refractivity contribution in [1.82, 2.24) is 10.2 Å². The molecule has 0 aliphatic rings. The van der Waals surface area contributed by atoms with E-state index in [4.69, 9.17) is 18.9 Å². The number of nitrogens with zero attached hydrogens (tertiary/aromatic N) is 2. The Bertz CT molecular complexity index is 860. The maximum atomic E-state index is 12.6. The summed E-state index contributed by atoms with van der Waals surface area (Å²) in [5.41, 5.74) is 0.769. The van der Waals surface area contributed by atoms with E-state index in [1.54, 1.807) is 6.92 Å². The third-order valence-electron chi connectivity index (χ3n) is 6.87. The van der Waals surface area contributed by atoms with Gasteiger partial charge in [0.1, 0.15) is 26.3 Å². The van der Waals surface area contributed by atoms with E-state index in [9.17, 15) is 14.4 Å². The summed E-state index contributed by atoms with van der Waals surface area (Å²) in [6, 6.07) is 5.55. The van der Waals surface area contributed by atoms with Gasteiger partial charge in [0.05, 0.1) is 19.8 Å². The van der Waals surface area contributed by atoms with E-state index in [2.05, 4.69) is 12.2 Å². The molecule has 3 amide bonds. The van der Waals surface area contributed by atoms with Crippen LogP contribution in [0, 0.1) is 0 Å². The molecule has 0 fully saturated rings. The highest BCUT2D eigenvalue weighted by molar-refractivity contribution is 5.87. The Morgan fingerprint density at radius 3 is 1.86 bits per heavy atom. The van der Waals surface area contributed by atoms with Crippen LogP contribution in [0.1, 0.15) is 110 Å². The largest absolute Gasteiger partial charge is 1.00 e. The first-order valence-electron chi connectivity index (χ1n) is 16.1. The Balaban J connectivity index is 0.0000176. The highest BCUT2D eigenvalue weighted by Gasteiger charge is 2.27. The summed E-state index contributed by atoms with van der Waals surface area (Å²) in [5.74, 6) is 0. The highest BCUT2D eigenvalue weighted by atomic mass is 127. The maximum absolute atomic E-state index is 12.6. The molecule has 0 aliphatic heterocycles. The van der Waals surface area contributed by atoms with Gasteiger partial charge in [0, 0.05) is 18.7 Å². The molecular formula is C32H56IN3O7. The number of hydrogen-bond acceptors (Lipinski definition) is 7. The molecule has 1 aromatic rings. The summed E-state index contributed by atoms with van der Waals surface area (Å²) < 4.78 is 22.7. The Hall–Kier alpha value is -2.15. The van der Waals surface area contributed by atoms with Crippen LogP contribution in [0.2, 0.25) is 0 Å². The molecule has 0 aliphatic carbocycles. The van der Waals surface area contributed by atoms with Crippen LogP contribution >= 0.6 is 0 Å². The average molecular weight is 722 g/mol. The third kappa shape index (κ3) is 21.2. The number of pyridine rings is 1. The first-order valence-corrected chi connectivity index (χ1v) is 16.1. The smallest absolute Gasteiger partial charge is 0.419 e. The molecule has 0 spiro atoms. The summed E-state index contributed by atoms with van der Waals surface area (Å²) in [6.45, 7) is 7.68. The molecule has 1 heterocycles. The van der Waals surface area contributed by atoms with Crippen molar-refractivity contribution in [3.05, 3.63) is 30.1 Å². The molecule has 1 aromatic heterocycles. The molecule has 0 saturated carbocycles. The van der Waals surface area contributed by atoms with Crippen LogP contribution < -0.4 is 33.9 Å². The molecule has 1 N–H and O–H groups in total. The summed E-state index contributed by atoms with van der Waals surface area (Å²) >= 11 is 0. The average Bonchev–Trinajstić information content (AvgIpc) is 2.99. The number of unbranched alkanes of at least 4 members (excludes halogenated alkanes) is 12. The van der Waals surface area contributed by atoms with Crippen LogP contribution in [0.4, 0.5) is 14.4 Å². The Morgan fingerprint density at radius 1 is 0.721 bits per heavy atom. The highest BCUT2D eigenvalue weighted by Crippen LogP contribution is 2.12. The molecule has 11 heteroatoms. The Kier molecular flexibility index (Phi) is 27.2. The fourth-order valence-corrected chi connectivity index (χ4v) is 4.48. The summed E-state index contributed by atoms with van der Waals surface area (Å²) in [4.78, 5) is 37.7. The minimum absolute atomic E-state index is 0. The summed E-state index contributed by atoms with van der Waals surface area (Å²) in [6.07, 6.45) is 16.6. The lowest BCUT2D eigenvalue weighted by Crippen LogP contribution is -3.00. The molecule has 0 aromatic carbocycles. The molecule has 1 rings (SSSR count). The van der Waals surface area contributed by atoms with E-state index in [1.165, 1.54) is 70.6 Å². The van der Waals surface area contributed by atoms with Gasteiger partial charge >= 0.3 is 18.3 Å². The van der Waals surface area contributed by atoms with Gasteiger partial charge in [0.25, 0.3) is 0 Å². The number of carbonyl (C=O) groups is 3. The molecule has 10 nitrogen and oxygen atoms in total. The Labute approximate surface area is 276 Å². The zero-order valence-electron chi connectivity index (χ0n) is 26.8. The number of aromatic nitrogens is 1. The minimum Gasteiger partial charge on any atom is -1.00 e. The van der Waals surface area contributed by atoms with Crippen LogP contribution in [-0.4, -0.2) is 62.8 Å². The number of halogens is 1. The van der Waals surface area contributed by atoms with Crippen molar-refractivity contribution in [2.75, 3.05) is 39.6 Å². The van der Waals surface area contributed by atoms with E-state index in [0.717, 1.165) is 23.4 Å². The molecule has 0 unspecified atom stereocenters. The zero-order valence-corrected chi connectivity index (χ0v) is 28.9. The SMILES string of the molecule is CCCCCCCCCCCCCCCNC(=O)OCCOCCOC(=O)N(Cc1cccc[n+]1CC)C(=O)OCC.[I-]. The standard InChI is InChI=1S/C32H55N3O7.HI/c1-4-7-8-9-10-11-12-13-14-15-16-17-19-22-33-30(36)41-26-24-39-25-27-42-32(38)35(31(37)40-6-3)28-29-21-18-20-23-34(29)5-2;/h18,20-21,23H,4-17,19,22,24-28H2,1-3H3;1H. The lowest BCUT2D eigenvalue weighted by Gasteiger charge is -2.18. The molecule has 43 heavy (non-hydrogen) atoms. The number of imide groups is 1. The fourth-order valence-electron chi connectivity index (χ4n) is 4.48. The van der Waals surface area contributed by atoms with Crippen molar-refractivity contribution >= 4 is 18.3 Å². The predicted octanol–water partition coefficient (Wildman–Crippen LogP) is 3.93. The fraction of sp³-hybridized carbons (Fsp3) is 0.750. The van der Waals surface area contributed by atoms with Gasteiger partial charge in [-0.15, -0.1) is 0 Å². The third-order valence-corrected chi connectivity index (χ3v) is 6.87. The molecule has 248 valence electrons. The first kappa shape index (κ1) is 40.9. The number of alkyl carbamates (subject to hydrolysis) is 1. The van der Waals surface area contributed by atoms with Crippen LogP contribution in [0.5, 0.6) is 0 Å². The lowest BCUT2D eigenvalue weighted by atomic mass is 10.0. The number of aryl methyl sites for hydroxylation is 1. The second-order valence-corrected chi connectivity index (χ2v) is 10.3. The summed E-state index contributed by atoms with van der Waals surface area (Å²) in [7, 11) is 0. The molecule has 0 atom stereocenters. The van der Waals surface area contributed by atoms with Crippen molar-refractivity contribution in [3.8, 4) is 0 Å². The normalized spacial score (nSPS) is 10.5. The van der Waals surface area contributed by atoms with Crippen molar-refractivity contribution in [1.29, 1.82) is 0 Å². The van der Waals surface area contributed by atoms with Gasteiger partial charge in [-0.25, -0.2) is 23.9 Å². The van der Waals surface area contributed by atoms with E-state index in [0.29, 0.717) is 13.1 Å².